The number of anilines is 1. The van der Waals surface area contributed by atoms with Gasteiger partial charge in [0.25, 0.3) is 5.91 Å². The highest BCUT2D eigenvalue weighted by Crippen LogP contribution is 2.44. The summed E-state index contributed by atoms with van der Waals surface area (Å²) < 4.78 is 5.41. The van der Waals surface area contributed by atoms with Crippen LogP contribution in [-0.2, 0) is 12.8 Å². The van der Waals surface area contributed by atoms with Crippen LogP contribution in [0.15, 0.2) is 24.3 Å². The number of fused-ring (bicyclic) bond motifs is 3. The van der Waals surface area contributed by atoms with Gasteiger partial charge in [-0.25, -0.2) is 9.97 Å². The zero-order valence-electron chi connectivity index (χ0n) is 18.5. The number of para-hydroxylation sites is 1. The van der Waals surface area contributed by atoms with Gasteiger partial charge in [-0.3, -0.25) is 4.79 Å². The van der Waals surface area contributed by atoms with Gasteiger partial charge >= 0.3 is 0 Å². The minimum absolute atomic E-state index is 0.0431. The molecule has 166 valence electrons. The van der Waals surface area contributed by atoms with Crippen molar-refractivity contribution in [3.63, 3.8) is 0 Å². The van der Waals surface area contributed by atoms with Gasteiger partial charge in [0.1, 0.15) is 22.2 Å². The number of aryl methyl sites for hydroxylation is 2. The lowest BCUT2D eigenvalue weighted by molar-refractivity contribution is 0.0743. The number of hydrogen-bond acceptors (Lipinski definition) is 6. The summed E-state index contributed by atoms with van der Waals surface area (Å²) in [5, 5.41) is 1.29. The van der Waals surface area contributed by atoms with Crippen LogP contribution in [-0.4, -0.2) is 54.1 Å². The minimum Gasteiger partial charge on any atom is -0.496 e. The minimum atomic E-state index is 0.0431. The molecule has 3 aromatic rings. The fourth-order valence-electron chi connectivity index (χ4n) is 5.02. The Hall–Kier alpha value is -2.67. The highest BCUT2D eigenvalue weighted by molar-refractivity contribution is 7.19. The van der Waals surface area contributed by atoms with Crippen molar-refractivity contribution in [2.45, 2.75) is 44.4 Å². The molecular weight excluding hydrogens is 420 g/mol. The summed E-state index contributed by atoms with van der Waals surface area (Å²) in [6, 6.07) is 7.48. The van der Waals surface area contributed by atoms with Crippen molar-refractivity contribution in [2.75, 3.05) is 38.2 Å². The first-order valence-electron chi connectivity index (χ1n) is 11.7. The molecule has 32 heavy (non-hydrogen) atoms. The molecule has 3 heterocycles. The van der Waals surface area contributed by atoms with Crippen LogP contribution in [0.4, 0.5) is 5.82 Å². The van der Waals surface area contributed by atoms with Crippen molar-refractivity contribution >= 4 is 33.3 Å². The SMILES string of the molecule is COc1ccccc1C(=O)N1CCN(c2nc(C3CC3)nc3sc4c(c23)CCCC4)CC1. The van der Waals surface area contributed by atoms with E-state index < -0.39 is 0 Å². The Kier molecular flexibility index (Phi) is 5.01. The van der Waals surface area contributed by atoms with Gasteiger partial charge in [-0.2, -0.15) is 0 Å². The first-order chi connectivity index (χ1) is 15.7. The third-order valence-electron chi connectivity index (χ3n) is 6.96. The molecule has 0 N–H and O–H groups in total. The number of amides is 1. The highest BCUT2D eigenvalue weighted by atomic mass is 32.1. The van der Waals surface area contributed by atoms with Crippen LogP contribution in [0.25, 0.3) is 10.2 Å². The molecular formula is C25H28N4O2S. The fourth-order valence-corrected chi connectivity index (χ4v) is 6.28. The number of ether oxygens (including phenoxy) is 1. The molecule has 2 aromatic heterocycles. The normalized spacial score (nSPS) is 18.7. The maximum atomic E-state index is 13.1. The number of hydrogen-bond donors (Lipinski definition) is 0. The lowest BCUT2D eigenvalue weighted by Crippen LogP contribution is -2.49. The molecule has 0 bridgehead atoms. The topological polar surface area (TPSA) is 58.6 Å². The Balaban J connectivity index is 1.29. The summed E-state index contributed by atoms with van der Waals surface area (Å²) in [5.74, 6) is 3.35. The number of carbonyl (C=O) groups is 1. The van der Waals surface area contributed by atoms with E-state index in [4.69, 9.17) is 14.7 Å². The smallest absolute Gasteiger partial charge is 0.257 e. The highest BCUT2D eigenvalue weighted by Gasteiger charge is 2.32. The Morgan fingerprint density at radius 2 is 1.84 bits per heavy atom. The second-order valence-corrected chi connectivity index (χ2v) is 10.1. The Labute approximate surface area is 192 Å². The Morgan fingerprint density at radius 3 is 2.62 bits per heavy atom. The number of piperazine rings is 1. The quantitative estimate of drug-likeness (QED) is 0.591. The molecule has 3 aliphatic rings. The van der Waals surface area contributed by atoms with Crippen molar-refractivity contribution in [3.05, 3.63) is 46.1 Å². The van der Waals surface area contributed by atoms with Crippen LogP contribution >= 0.6 is 11.3 Å². The maximum Gasteiger partial charge on any atom is 0.257 e. The number of carbonyl (C=O) groups excluding carboxylic acids is 1. The molecule has 0 atom stereocenters. The number of thiophene rings is 1. The van der Waals surface area contributed by atoms with Gasteiger partial charge in [0.15, 0.2) is 0 Å². The van der Waals surface area contributed by atoms with Crippen LogP contribution in [0.2, 0.25) is 0 Å². The van der Waals surface area contributed by atoms with Gasteiger partial charge in [-0.15, -0.1) is 11.3 Å². The van der Waals surface area contributed by atoms with Crippen molar-refractivity contribution in [1.82, 2.24) is 14.9 Å². The molecule has 2 fully saturated rings. The maximum absolute atomic E-state index is 13.1. The largest absolute Gasteiger partial charge is 0.496 e. The Bertz CT molecular complexity index is 1180. The molecule has 6 nitrogen and oxygen atoms in total. The number of rotatable bonds is 4. The zero-order valence-corrected chi connectivity index (χ0v) is 19.3. The van der Waals surface area contributed by atoms with Crippen LogP contribution < -0.4 is 9.64 Å². The molecule has 1 saturated carbocycles. The molecule has 2 aliphatic carbocycles. The molecule has 1 saturated heterocycles. The van der Waals surface area contributed by atoms with Crippen molar-refractivity contribution in [3.8, 4) is 5.75 Å². The number of nitrogens with zero attached hydrogens (tertiary/aromatic N) is 4. The predicted octanol–water partition coefficient (Wildman–Crippen LogP) is 4.42. The lowest BCUT2D eigenvalue weighted by atomic mass is 9.97. The van der Waals surface area contributed by atoms with Crippen LogP contribution in [0.5, 0.6) is 5.75 Å². The van der Waals surface area contributed by atoms with E-state index in [0.29, 0.717) is 30.3 Å². The summed E-state index contributed by atoms with van der Waals surface area (Å²) >= 11 is 1.89. The second-order valence-electron chi connectivity index (χ2n) is 9.05. The lowest BCUT2D eigenvalue weighted by Gasteiger charge is -2.36. The van der Waals surface area contributed by atoms with Gasteiger partial charge < -0.3 is 14.5 Å². The number of methoxy groups -OCH3 is 1. The van der Waals surface area contributed by atoms with E-state index >= 15 is 0 Å². The van der Waals surface area contributed by atoms with Crippen molar-refractivity contribution in [1.29, 1.82) is 0 Å². The monoisotopic (exact) mass is 448 g/mol. The van der Waals surface area contributed by atoms with Gasteiger partial charge in [0.05, 0.1) is 18.1 Å². The van der Waals surface area contributed by atoms with Crippen LogP contribution in [0, 0.1) is 0 Å². The van der Waals surface area contributed by atoms with Gasteiger partial charge in [-0.05, 0) is 56.2 Å². The molecule has 7 heteroatoms. The molecule has 1 aromatic carbocycles. The second kappa shape index (κ2) is 8.03. The van der Waals surface area contributed by atoms with Crippen LogP contribution in [0.1, 0.15) is 58.2 Å². The molecule has 1 aliphatic heterocycles. The van der Waals surface area contributed by atoms with Gasteiger partial charge in [0, 0.05) is 37.0 Å². The average molecular weight is 449 g/mol. The van der Waals surface area contributed by atoms with Crippen LogP contribution in [0.3, 0.4) is 0 Å². The van der Waals surface area contributed by atoms with E-state index in [2.05, 4.69) is 4.90 Å². The van der Waals surface area contributed by atoms with E-state index in [-0.39, 0.29) is 5.91 Å². The van der Waals surface area contributed by atoms with E-state index in [0.717, 1.165) is 31.2 Å². The summed E-state index contributed by atoms with van der Waals surface area (Å²) in [6.07, 6.45) is 7.26. The fraction of sp³-hybridized carbons (Fsp3) is 0.480. The first kappa shape index (κ1) is 20.0. The predicted molar refractivity (Wildman–Crippen MR) is 127 cm³/mol. The summed E-state index contributed by atoms with van der Waals surface area (Å²) in [5.41, 5.74) is 2.12. The van der Waals surface area contributed by atoms with E-state index in [1.54, 1.807) is 7.11 Å². The third-order valence-corrected chi connectivity index (χ3v) is 8.14. The summed E-state index contributed by atoms with van der Waals surface area (Å²) in [6.45, 7) is 2.96. The number of benzene rings is 1. The van der Waals surface area contributed by atoms with Crippen molar-refractivity contribution < 1.29 is 9.53 Å². The Morgan fingerprint density at radius 1 is 1.06 bits per heavy atom. The molecule has 0 radical (unpaired) electrons. The zero-order chi connectivity index (χ0) is 21.7. The number of aromatic nitrogens is 2. The van der Waals surface area contributed by atoms with E-state index in [1.165, 1.54) is 52.8 Å². The first-order valence-corrected chi connectivity index (χ1v) is 12.5. The van der Waals surface area contributed by atoms with Gasteiger partial charge in [-0.1, -0.05) is 12.1 Å². The molecule has 0 unspecified atom stereocenters. The summed E-state index contributed by atoms with van der Waals surface area (Å²) in [4.78, 5) is 30.3. The van der Waals surface area contributed by atoms with Crippen molar-refractivity contribution in [2.24, 2.45) is 0 Å². The standard InChI is InChI=1S/C25H28N4O2S/c1-31-19-8-4-2-6-17(19)25(30)29-14-12-28(13-15-29)23-21-18-7-3-5-9-20(18)32-24(21)27-22(26-23)16-10-11-16/h2,4,6,8,16H,3,5,7,9-15H2,1H3. The average Bonchev–Trinajstić information content (AvgIpc) is 3.63. The van der Waals surface area contributed by atoms with Gasteiger partial charge in [0.2, 0.25) is 0 Å². The van der Waals surface area contributed by atoms with E-state index in [1.807, 2.05) is 40.5 Å². The molecule has 1 amide bonds. The summed E-state index contributed by atoms with van der Waals surface area (Å²) in [7, 11) is 1.61. The molecule has 6 rings (SSSR count). The van der Waals surface area contributed by atoms with E-state index in [9.17, 15) is 4.79 Å². The third kappa shape index (κ3) is 3.43. The molecule has 0 spiro atoms.